The van der Waals surface area contributed by atoms with Crippen LogP contribution in [0, 0.1) is 5.92 Å². The third kappa shape index (κ3) is 5.33. The van der Waals surface area contributed by atoms with Gasteiger partial charge in [-0.1, -0.05) is 30.3 Å². The number of hydrogen-bond acceptors (Lipinski definition) is 3. The van der Waals surface area contributed by atoms with Crippen LogP contribution in [0.1, 0.15) is 18.4 Å². The number of urea groups is 1. The summed E-state index contributed by atoms with van der Waals surface area (Å²) in [6, 6.07) is 15.8. The molecule has 7 heteroatoms. The molecule has 1 aliphatic heterocycles. The summed E-state index contributed by atoms with van der Waals surface area (Å²) in [4.78, 5) is 37.6. The first-order chi connectivity index (χ1) is 13.5. The number of nitrogens with zero attached hydrogens (tertiary/aromatic N) is 1. The number of carbonyl (C=O) groups is 3. The number of hydrogen-bond donors (Lipinski definition) is 3. The first-order valence-electron chi connectivity index (χ1n) is 9.24. The number of piperidine rings is 1. The lowest BCUT2D eigenvalue weighted by Crippen LogP contribution is -2.45. The number of carboxylic acids is 1. The van der Waals surface area contributed by atoms with E-state index >= 15 is 0 Å². The number of carbonyl (C=O) groups excluding carboxylic acids is 2. The van der Waals surface area contributed by atoms with E-state index in [1.54, 1.807) is 29.2 Å². The van der Waals surface area contributed by atoms with Gasteiger partial charge in [0.2, 0.25) is 5.91 Å². The number of carboxylic acid groups (broad SMARTS) is 1. The molecule has 2 aromatic rings. The fourth-order valence-electron chi connectivity index (χ4n) is 3.28. The van der Waals surface area contributed by atoms with Gasteiger partial charge in [-0.05, 0) is 42.7 Å². The standard InChI is InChI=1S/C21H23N3O4/c25-19(26)13-15-6-4-10-18(12-15)22-20(27)16-7-5-11-24(14-16)21(28)23-17-8-2-1-3-9-17/h1-4,6,8-10,12,16H,5,7,11,13-14H2,(H,22,27)(H,23,28)(H,25,26). The van der Waals surface area contributed by atoms with Crippen molar-refractivity contribution in [3.63, 3.8) is 0 Å². The Kier molecular flexibility index (Phi) is 6.26. The van der Waals surface area contributed by atoms with Crippen LogP contribution in [-0.2, 0) is 16.0 Å². The monoisotopic (exact) mass is 381 g/mol. The van der Waals surface area contributed by atoms with Gasteiger partial charge in [0, 0.05) is 24.5 Å². The summed E-state index contributed by atoms with van der Waals surface area (Å²) >= 11 is 0. The number of benzene rings is 2. The average molecular weight is 381 g/mol. The SMILES string of the molecule is O=C(O)Cc1cccc(NC(=O)C2CCCN(C(=O)Nc3ccccc3)C2)c1. The molecule has 0 spiro atoms. The Morgan fingerprint density at radius 1 is 1.00 bits per heavy atom. The van der Waals surface area contributed by atoms with Crippen LogP contribution in [0.4, 0.5) is 16.2 Å². The molecule has 1 saturated heterocycles. The number of amides is 3. The zero-order valence-corrected chi connectivity index (χ0v) is 15.4. The predicted molar refractivity (Wildman–Crippen MR) is 106 cm³/mol. The minimum absolute atomic E-state index is 0.0967. The van der Waals surface area contributed by atoms with Gasteiger partial charge in [0.1, 0.15) is 0 Å². The maximum Gasteiger partial charge on any atom is 0.321 e. The first kappa shape index (κ1) is 19.4. The molecule has 7 nitrogen and oxygen atoms in total. The van der Waals surface area contributed by atoms with Gasteiger partial charge in [0.25, 0.3) is 0 Å². The van der Waals surface area contributed by atoms with Crippen molar-refractivity contribution in [3.8, 4) is 0 Å². The number of nitrogens with one attached hydrogen (secondary N) is 2. The van der Waals surface area contributed by atoms with E-state index in [1.807, 2.05) is 30.3 Å². The highest BCUT2D eigenvalue weighted by molar-refractivity contribution is 5.94. The van der Waals surface area contributed by atoms with Crippen LogP contribution in [0.15, 0.2) is 54.6 Å². The van der Waals surface area contributed by atoms with Gasteiger partial charge >= 0.3 is 12.0 Å². The first-order valence-corrected chi connectivity index (χ1v) is 9.24. The van der Waals surface area contributed by atoms with Crippen LogP contribution in [0.5, 0.6) is 0 Å². The van der Waals surface area contributed by atoms with Crippen molar-refractivity contribution in [2.45, 2.75) is 19.3 Å². The largest absolute Gasteiger partial charge is 0.481 e. The minimum Gasteiger partial charge on any atom is -0.481 e. The van der Waals surface area contributed by atoms with E-state index in [1.165, 1.54) is 0 Å². The maximum absolute atomic E-state index is 12.6. The molecule has 3 amide bonds. The fourth-order valence-corrected chi connectivity index (χ4v) is 3.28. The number of anilines is 2. The van der Waals surface area contributed by atoms with Gasteiger partial charge < -0.3 is 20.6 Å². The molecule has 1 heterocycles. The molecule has 0 aliphatic carbocycles. The molecule has 1 atom stereocenters. The molecule has 28 heavy (non-hydrogen) atoms. The van der Waals surface area contributed by atoms with Crippen molar-refractivity contribution in [2.24, 2.45) is 5.92 Å². The fraction of sp³-hybridized carbons (Fsp3) is 0.286. The third-order valence-corrected chi connectivity index (χ3v) is 4.65. The number of likely N-dealkylation sites (tertiary alicyclic amines) is 1. The van der Waals surface area contributed by atoms with Gasteiger partial charge in [0.05, 0.1) is 12.3 Å². The van der Waals surface area contributed by atoms with Crippen LogP contribution in [0.3, 0.4) is 0 Å². The smallest absolute Gasteiger partial charge is 0.321 e. The molecular formula is C21H23N3O4. The topological polar surface area (TPSA) is 98.7 Å². The zero-order valence-electron chi connectivity index (χ0n) is 15.4. The van der Waals surface area contributed by atoms with E-state index in [0.29, 0.717) is 36.4 Å². The van der Waals surface area contributed by atoms with Gasteiger partial charge in [-0.2, -0.15) is 0 Å². The van der Waals surface area contributed by atoms with E-state index in [-0.39, 0.29) is 24.3 Å². The molecule has 0 saturated carbocycles. The molecule has 2 aromatic carbocycles. The summed E-state index contributed by atoms with van der Waals surface area (Å²) in [6.07, 6.45) is 1.36. The molecule has 1 fully saturated rings. The normalized spacial score (nSPS) is 16.3. The summed E-state index contributed by atoms with van der Waals surface area (Å²) in [6.45, 7) is 0.954. The van der Waals surface area contributed by atoms with Crippen molar-refractivity contribution in [3.05, 3.63) is 60.2 Å². The van der Waals surface area contributed by atoms with E-state index < -0.39 is 5.97 Å². The Morgan fingerprint density at radius 2 is 1.75 bits per heavy atom. The molecule has 146 valence electrons. The Labute approximate surface area is 163 Å². The lowest BCUT2D eigenvalue weighted by molar-refractivity contribution is -0.136. The van der Waals surface area contributed by atoms with E-state index in [9.17, 15) is 14.4 Å². The van der Waals surface area contributed by atoms with Crippen molar-refractivity contribution in [1.82, 2.24) is 4.90 Å². The summed E-state index contributed by atoms with van der Waals surface area (Å²) in [5, 5.41) is 14.6. The quantitative estimate of drug-likeness (QED) is 0.741. The third-order valence-electron chi connectivity index (χ3n) is 4.65. The van der Waals surface area contributed by atoms with Crippen LogP contribution in [0.2, 0.25) is 0 Å². The molecule has 1 aliphatic rings. The van der Waals surface area contributed by atoms with Crippen molar-refractivity contribution in [1.29, 1.82) is 0 Å². The maximum atomic E-state index is 12.6. The molecular weight excluding hydrogens is 358 g/mol. The highest BCUT2D eigenvalue weighted by atomic mass is 16.4. The number of para-hydroxylation sites is 1. The molecule has 3 rings (SSSR count). The zero-order chi connectivity index (χ0) is 19.9. The van der Waals surface area contributed by atoms with Crippen molar-refractivity contribution < 1.29 is 19.5 Å². The highest BCUT2D eigenvalue weighted by Crippen LogP contribution is 2.20. The Morgan fingerprint density at radius 3 is 2.50 bits per heavy atom. The van der Waals surface area contributed by atoms with E-state index in [4.69, 9.17) is 5.11 Å². The van der Waals surface area contributed by atoms with Crippen LogP contribution < -0.4 is 10.6 Å². The van der Waals surface area contributed by atoms with Crippen LogP contribution in [-0.4, -0.2) is 41.0 Å². The second-order valence-corrected chi connectivity index (χ2v) is 6.84. The predicted octanol–water partition coefficient (Wildman–Crippen LogP) is 3.20. The van der Waals surface area contributed by atoms with Crippen LogP contribution >= 0.6 is 0 Å². The van der Waals surface area contributed by atoms with Crippen LogP contribution in [0.25, 0.3) is 0 Å². The van der Waals surface area contributed by atoms with Gasteiger partial charge in [0.15, 0.2) is 0 Å². The van der Waals surface area contributed by atoms with Gasteiger partial charge in [-0.15, -0.1) is 0 Å². The number of rotatable bonds is 5. The van der Waals surface area contributed by atoms with Crippen molar-refractivity contribution >= 4 is 29.3 Å². The molecule has 0 radical (unpaired) electrons. The lowest BCUT2D eigenvalue weighted by atomic mass is 9.97. The molecule has 0 aromatic heterocycles. The molecule has 3 N–H and O–H groups in total. The lowest BCUT2D eigenvalue weighted by Gasteiger charge is -2.32. The number of aliphatic carboxylic acids is 1. The minimum atomic E-state index is -0.921. The van der Waals surface area contributed by atoms with E-state index in [2.05, 4.69) is 10.6 Å². The van der Waals surface area contributed by atoms with Gasteiger partial charge in [-0.25, -0.2) is 4.79 Å². The summed E-state index contributed by atoms with van der Waals surface area (Å²) < 4.78 is 0. The Bertz CT molecular complexity index is 854. The summed E-state index contributed by atoms with van der Waals surface area (Å²) in [5.74, 6) is -1.39. The second kappa shape index (κ2) is 9.03. The molecule has 1 unspecified atom stereocenters. The molecule has 0 bridgehead atoms. The Balaban J connectivity index is 1.58. The van der Waals surface area contributed by atoms with Crippen molar-refractivity contribution in [2.75, 3.05) is 23.7 Å². The summed E-state index contributed by atoms with van der Waals surface area (Å²) in [7, 11) is 0. The highest BCUT2D eigenvalue weighted by Gasteiger charge is 2.28. The summed E-state index contributed by atoms with van der Waals surface area (Å²) in [5.41, 5.74) is 1.90. The van der Waals surface area contributed by atoms with E-state index in [0.717, 1.165) is 6.42 Å². The second-order valence-electron chi connectivity index (χ2n) is 6.84. The van der Waals surface area contributed by atoms with Gasteiger partial charge in [-0.3, -0.25) is 9.59 Å². The average Bonchev–Trinajstić information content (AvgIpc) is 2.68. The Hall–Kier alpha value is -3.35.